The summed E-state index contributed by atoms with van der Waals surface area (Å²) in [6.45, 7) is 3.12. The van der Waals surface area contributed by atoms with E-state index in [1.807, 2.05) is 42.2 Å². The van der Waals surface area contributed by atoms with Gasteiger partial charge in [0.25, 0.3) is 0 Å². The van der Waals surface area contributed by atoms with Gasteiger partial charge in [-0.1, -0.05) is 41.9 Å². The number of carbonyl (C=O) groups excluding carboxylic acids is 2. The summed E-state index contributed by atoms with van der Waals surface area (Å²) in [6.07, 6.45) is 0.834. The Bertz CT molecular complexity index is 947. The van der Waals surface area contributed by atoms with E-state index < -0.39 is 0 Å². The summed E-state index contributed by atoms with van der Waals surface area (Å²) >= 11 is 6.05. The number of benzene rings is 2. The first-order chi connectivity index (χ1) is 15.0. The maximum atomic E-state index is 12.8. The standard InChI is InChI=1S/C23H26ClN3O4/c1-15-21(16-6-4-3-5-7-16)31-23(29)27(15)18-10-12-26(13-11-18)22(28)25-19-14-17(24)8-9-20(19)30-2/h3-9,14-15,18,21H,10-13H2,1-2H3,(H,25,28). The fourth-order valence-corrected chi connectivity index (χ4v) is 4.54. The van der Waals surface area contributed by atoms with Gasteiger partial charge in [-0.15, -0.1) is 0 Å². The molecule has 2 heterocycles. The summed E-state index contributed by atoms with van der Waals surface area (Å²) in [5, 5.41) is 3.39. The van der Waals surface area contributed by atoms with Crippen molar-refractivity contribution in [1.29, 1.82) is 0 Å². The Morgan fingerprint density at radius 1 is 1.16 bits per heavy atom. The molecule has 0 saturated carbocycles. The number of carbonyl (C=O) groups is 2. The SMILES string of the molecule is COc1ccc(Cl)cc1NC(=O)N1CCC(N2C(=O)OC(c3ccccc3)C2C)CC1. The van der Waals surface area contributed by atoms with Crippen LogP contribution in [0.2, 0.25) is 5.02 Å². The minimum atomic E-state index is -0.284. The number of methoxy groups -OCH3 is 1. The minimum absolute atomic E-state index is 0.0426. The molecule has 0 aromatic heterocycles. The van der Waals surface area contributed by atoms with E-state index in [1.54, 1.807) is 30.2 Å². The molecule has 164 valence electrons. The van der Waals surface area contributed by atoms with Crippen LogP contribution in [-0.2, 0) is 4.74 Å². The zero-order valence-corrected chi connectivity index (χ0v) is 18.3. The molecule has 2 aromatic rings. The molecule has 3 amide bonds. The van der Waals surface area contributed by atoms with Crippen LogP contribution in [0.15, 0.2) is 48.5 Å². The molecule has 0 radical (unpaired) electrons. The van der Waals surface area contributed by atoms with Crippen molar-refractivity contribution in [1.82, 2.24) is 9.80 Å². The average molecular weight is 444 g/mol. The second-order valence-electron chi connectivity index (χ2n) is 7.86. The number of piperidine rings is 1. The Balaban J connectivity index is 1.37. The number of likely N-dealkylation sites (tertiary alicyclic amines) is 1. The number of hydrogen-bond donors (Lipinski definition) is 1. The molecule has 2 fully saturated rings. The number of hydrogen-bond acceptors (Lipinski definition) is 4. The smallest absolute Gasteiger partial charge is 0.411 e. The quantitative estimate of drug-likeness (QED) is 0.727. The zero-order chi connectivity index (χ0) is 22.0. The summed E-state index contributed by atoms with van der Waals surface area (Å²) in [5.74, 6) is 0.549. The third kappa shape index (κ3) is 4.42. The molecule has 4 rings (SSSR count). The Morgan fingerprint density at radius 3 is 2.55 bits per heavy atom. The van der Waals surface area contributed by atoms with Gasteiger partial charge in [0.05, 0.1) is 18.8 Å². The van der Waals surface area contributed by atoms with Gasteiger partial charge in [0.15, 0.2) is 0 Å². The Hall–Kier alpha value is -2.93. The topological polar surface area (TPSA) is 71.1 Å². The molecular formula is C23H26ClN3O4. The van der Waals surface area contributed by atoms with Crippen molar-refractivity contribution in [2.45, 2.75) is 38.0 Å². The molecule has 2 atom stereocenters. The summed E-state index contributed by atoms with van der Waals surface area (Å²) in [4.78, 5) is 29.0. The van der Waals surface area contributed by atoms with Gasteiger partial charge < -0.3 is 19.7 Å². The van der Waals surface area contributed by atoms with E-state index in [-0.39, 0.29) is 30.3 Å². The van der Waals surface area contributed by atoms with Crippen molar-refractivity contribution >= 4 is 29.4 Å². The van der Waals surface area contributed by atoms with Crippen molar-refractivity contribution in [3.63, 3.8) is 0 Å². The molecule has 2 aliphatic rings. The molecule has 1 N–H and O–H groups in total. The number of anilines is 1. The van der Waals surface area contributed by atoms with Crippen LogP contribution in [0.1, 0.15) is 31.4 Å². The summed E-state index contributed by atoms with van der Waals surface area (Å²) in [7, 11) is 1.55. The van der Waals surface area contributed by atoms with Crippen LogP contribution < -0.4 is 10.1 Å². The molecular weight excluding hydrogens is 418 g/mol. The lowest BCUT2D eigenvalue weighted by Crippen LogP contribution is -2.50. The van der Waals surface area contributed by atoms with Crippen LogP contribution in [0, 0.1) is 0 Å². The largest absolute Gasteiger partial charge is 0.495 e. The molecule has 7 nitrogen and oxygen atoms in total. The van der Waals surface area contributed by atoms with E-state index >= 15 is 0 Å². The van der Waals surface area contributed by atoms with Crippen molar-refractivity contribution < 1.29 is 19.1 Å². The van der Waals surface area contributed by atoms with E-state index in [4.69, 9.17) is 21.1 Å². The van der Waals surface area contributed by atoms with E-state index in [2.05, 4.69) is 5.32 Å². The van der Waals surface area contributed by atoms with Gasteiger partial charge in [-0.2, -0.15) is 0 Å². The first kappa shape index (κ1) is 21.3. The van der Waals surface area contributed by atoms with Crippen LogP contribution in [0.5, 0.6) is 5.75 Å². The lowest BCUT2D eigenvalue weighted by Gasteiger charge is -2.37. The molecule has 2 unspecified atom stereocenters. The first-order valence-corrected chi connectivity index (χ1v) is 10.8. The fourth-order valence-electron chi connectivity index (χ4n) is 4.37. The van der Waals surface area contributed by atoms with Crippen LogP contribution in [-0.4, -0.2) is 54.2 Å². The third-order valence-electron chi connectivity index (χ3n) is 5.99. The highest BCUT2D eigenvalue weighted by Gasteiger charge is 2.44. The van der Waals surface area contributed by atoms with Crippen molar-refractivity contribution in [2.75, 3.05) is 25.5 Å². The number of ether oxygens (including phenoxy) is 2. The third-order valence-corrected chi connectivity index (χ3v) is 6.23. The lowest BCUT2D eigenvalue weighted by atomic mass is 9.98. The maximum absolute atomic E-state index is 12.8. The molecule has 2 aliphatic heterocycles. The van der Waals surface area contributed by atoms with Crippen molar-refractivity contribution in [3.05, 3.63) is 59.1 Å². The van der Waals surface area contributed by atoms with Crippen LogP contribution >= 0.6 is 11.6 Å². The summed E-state index contributed by atoms with van der Waals surface area (Å²) < 4.78 is 11.0. The van der Waals surface area contributed by atoms with Crippen LogP contribution in [0.3, 0.4) is 0 Å². The van der Waals surface area contributed by atoms with Gasteiger partial charge in [0.1, 0.15) is 11.9 Å². The highest BCUT2D eigenvalue weighted by atomic mass is 35.5. The summed E-state index contributed by atoms with van der Waals surface area (Å²) in [5.41, 5.74) is 1.53. The Morgan fingerprint density at radius 2 is 1.87 bits per heavy atom. The number of halogens is 1. The highest BCUT2D eigenvalue weighted by molar-refractivity contribution is 6.31. The molecule has 0 bridgehead atoms. The normalized spacial score (nSPS) is 21.7. The lowest BCUT2D eigenvalue weighted by molar-refractivity contribution is 0.115. The molecule has 2 aromatic carbocycles. The number of urea groups is 1. The number of rotatable bonds is 4. The first-order valence-electron chi connectivity index (χ1n) is 10.4. The molecule has 0 aliphatic carbocycles. The van der Waals surface area contributed by atoms with Gasteiger partial charge in [-0.25, -0.2) is 9.59 Å². The molecule has 31 heavy (non-hydrogen) atoms. The minimum Gasteiger partial charge on any atom is -0.495 e. The Kier molecular flexibility index (Phi) is 6.23. The van der Waals surface area contributed by atoms with Gasteiger partial charge in [0, 0.05) is 24.2 Å². The fraction of sp³-hybridized carbons (Fsp3) is 0.391. The predicted octanol–water partition coefficient (Wildman–Crippen LogP) is 4.93. The van der Waals surface area contributed by atoms with E-state index in [9.17, 15) is 9.59 Å². The predicted molar refractivity (Wildman–Crippen MR) is 119 cm³/mol. The van der Waals surface area contributed by atoms with Gasteiger partial charge >= 0.3 is 12.1 Å². The average Bonchev–Trinajstić information content (AvgIpc) is 3.08. The van der Waals surface area contributed by atoms with Crippen molar-refractivity contribution in [2.24, 2.45) is 0 Å². The van der Waals surface area contributed by atoms with E-state index in [0.717, 1.165) is 5.56 Å². The second-order valence-corrected chi connectivity index (χ2v) is 8.29. The van der Waals surface area contributed by atoms with Crippen LogP contribution in [0.25, 0.3) is 0 Å². The number of amides is 3. The molecule has 2 saturated heterocycles. The second kappa shape index (κ2) is 9.06. The Labute approximate surface area is 186 Å². The van der Waals surface area contributed by atoms with Gasteiger partial charge in [-0.05, 0) is 43.5 Å². The number of nitrogens with zero attached hydrogens (tertiary/aromatic N) is 2. The maximum Gasteiger partial charge on any atom is 0.411 e. The number of cyclic esters (lactones) is 1. The summed E-state index contributed by atoms with van der Waals surface area (Å²) in [6, 6.07) is 14.7. The van der Waals surface area contributed by atoms with E-state index in [1.165, 1.54) is 0 Å². The number of nitrogens with one attached hydrogen (secondary N) is 1. The van der Waals surface area contributed by atoms with Gasteiger partial charge in [-0.3, -0.25) is 4.90 Å². The molecule has 0 spiro atoms. The zero-order valence-electron chi connectivity index (χ0n) is 17.6. The van der Waals surface area contributed by atoms with Gasteiger partial charge in [0.2, 0.25) is 0 Å². The van der Waals surface area contributed by atoms with Crippen LogP contribution in [0.4, 0.5) is 15.3 Å². The monoisotopic (exact) mass is 443 g/mol. The van der Waals surface area contributed by atoms with E-state index in [0.29, 0.717) is 42.4 Å². The molecule has 8 heteroatoms. The van der Waals surface area contributed by atoms with Crippen molar-refractivity contribution in [3.8, 4) is 5.75 Å². The highest BCUT2D eigenvalue weighted by Crippen LogP contribution is 2.36.